The Morgan fingerprint density at radius 1 is 1.33 bits per heavy atom. The van der Waals surface area contributed by atoms with Crippen LogP contribution in [0.1, 0.15) is 6.42 Å². The molecule has 2 nitrogen and oxygen atoms in total. The molecule has 0 N–H and O–H groups in total. The van der Waals surface area contributed by atoms with Gasteiger partial charge >= 0.3 is 0 Å². The number of hydrogen-bond acceptors (Lipinski definition) is 2. The van der Waals surface area contributed by atoms with Crippen LogP contribution in [0.2, 0.25) is 0 Å². The Morgan fingerprint density at radius 3 is 2.58 bits per heavy atom. The maximum Gasteiger partial charge on any atom is 0.128 e. The van der Waals surface area contributed by atoms with E-state index in [0.29, 0.717) is 0 Å². The molecule has 0 radical (unpaired) electrons. The smallest absolute Gasteiger partial charge is 0.128 e. The van der Waals surface area contributed by atoms with E-state index in [9.17, 15) is 4.91 Å². The molecule has 0 fully saturated rings. The molecule has 0 aromatic rings. The molecule has 0 spiro atoms. The minimum absolute atomic E-state index is 0.418. The highest BCUT2D eigenvalue weighted by molar-refractivity contribution is 5.11. The third kappa shape index (κ3) is 5.35. The second-order valence-electron chi connectivity index (χ2n) is 2.17. The van der Waals surface area contributed by atoms with Crippen molar-refractivity contribution in [1.82, 2.24) is 0 Å². The zero-order chi connectivity index (χ0) is 9.23. The SMILES string of the molecule is C=CC/C=C\C=C\C(C=C)N=O. The van der Waals surface area contributed by atoms with Crippen molar-refractivity contribution in [3.8, 4) is 0 Å². The monoisotopic (exact) mass is 163 g/mol. The third-order valence-corrected chi connectivity index (χ3v) is 1.22. The second kappa shape index (κ2) is 7.66. The van der Waals surface area contributed by atoms with E-state index in [0.717, 1.165) is 6.42 Å². The Balaban J connectivity index is 3.79. The Bertz CT molecular complexity index is 196. The average Bonchev–Trinajstić information content (AvgIpc) is 2.11. The van der Waals surface area contributed by atoms with Gasteiger partial charge in [0.05, 0.1) is 0 Å². The maximum absolute atomic E-state index is 10.0. The van der Waals surface area contributed by atoms with Crippen LogP contribution in [0.5, 0.6) is 0 Å². The summed E-state index contributed by atoms with van der Waals surface area (Å²) in [7, 11) is 0. The second-order valence-corrected chi connectivity index (χ2v) is 2.17. The van der Waals surface area contributed by atoms with Gasteiger partial charge in [0.15, 0.2) is 0 Å². The number of allylic oxidation sites excluding steroid dienone is 4. The topological polar surface area (TPSA) is 29.4 Å². The van der Waals surface area contributed by atoms with Crippen molar-refractivity contribution < 1.29 is 0 Å². The molecule has 2 heteroatoms. The highest BCUT2D eigenvalue weighted by atomic mass is 16.3. The fourth-order valence-electron chi connectivity index (χ4n) is 0.588. The van der Waals surface area contributed by atoms with E-state index in [2.05, 4.69) is 18.3 Å². The maximum atomic E-state index is 10.0. The molecule has 0 aliphatic carbocycles. The van der Waals surface area contributed by atoms with Crippen LogP contribution in [0.15, 0.2) is 54.8 Å². The van der Waals surface area contributed by atoms with E-state index in [1.807, 2.05) is 12.2 Å². The van der Waals surface area contributed by atoms with Gasteiger partial charge in [-0.25, -0.2) is 0 Å². The molecule has 0 aliphatic heterocycles. The number of nitroso groups, excluding NO2 is 1. The molecule has 0 aromatic heterocycles. The van der Waals surface area contributed by atoms with Crippen molar-refractivity contribution >= 4 is 0 Å². The summed E-state index contributed by atoms with van der Waals surface area (Å²) in [6.07, 6.45) is 11.4. The highest BCUT2D eigenvalue weighted by Crippen LogP contribution is 1.94. The van der Waals surface area contributed by atoms with E-state index < -0.39 is 6.04 Å². The van der Waals surface area contributed by atoms with Crippen molar-refractivity contribution in [1.29, 1.82) is 0 Å². The summed E-state index contributed by atoms with van der Waals surface area (Å²) in [5, 5.41) is 2.82. The van der Waals surface area contributed by atoms with Gasteiger partial charge in [-0.15, -0.1) is 18.1 Å². The Hall–Kier alpha value is -1.44. The summed E-state index contributed by atoms with van der Waals surface area (Å²) in [6.45, 7) is 7.03. The van der Waals surface area contributed by atoms with E-state index in [-0.39, 0.29) is 0 Å². The van der Waals surface area contributed by atoms with Gasteiger partial charge < -0.3 is 0 Å². The Morgan fingerprint density at radius 2 is 2.08 bits per heavy atom. The minimum Gasteiger partial charge on any atom is -0.150 e. The van der Waals surface area contributed by atoms with Gasteiger partial charge in [0.25, 0.3) is 0 Å². The van der Waals surface area contributed by atoms with Gasteiger partial charge in [0.1, 0.15) is 6.04 Å². The first-order chi connectivity index (χ1) is 5.85. The van der Waals surface area contributed by atoms with Gasteiger partial charge in [-0.1, -0.05) is 41.6 Å². The van der Waals surface area contributed by atoms with Crippen LogP contribution >= 0.6 is 0 Å². The van der Waals surface area contributed by atoms with Gasteiger partial charge in [-0.05, 0) is 6.42 Å². The molecule has 0 aliphatic rings. The first-order valence-electron chi connectivity index (χ1n) is 3.74. The van der Waals surface area contributed by atoms with Crippen LogP contribution in [0.25, 0.3) is 0 Å². The lowest BCUT2D eigenvalue weighted by molar-refractivity contribution is 1.02. The van der Waals surface area contributed by atoms with Gasteiger partial charge in [-0.2, -0.15) is 0 Å². The Labute approximate surface area is 73.0 Å². The standard InChI is InChI=1S/C10H13NO/c1-3-5-6-7-8-9-10(4-2)11-12/h3-4,6-10H,1-2,5H2/b7-6-,9-8+. The summed E-state index contributed by atoms with van der Waals surface area (Å²) in [5.41, 5.74) is 0. The predicted molar refractivity (Wildman–Crippen MR) is 52.9 cm³/mol. The minimum atomic E-state index is -0.418. The van der Waals surface area contributed by atoms with E-state index >= 15 is 0 Å². The molecule has 0 aromatic carbocycles. The predicted octanol–water partition coefficient (Wildman–Crippen LogP) is 3.00. The van der Waals surface area contributed by atoms with Crippen LogP contribution in [0.4, 0.5) is 0 Å². The lowest BCUT2D eigenvalue weighted by Crippen LogP contribution is -1.89. The molecule has 0 bridgehead atoms. The zero-order valence-corrected chi connectivity index (χ0v) is 7.02. The van der Waals surface area contributed by atoms with Gasteiger partial charge in [0.2, 0.25) is 0 Å². The Kier molecular flexibility index (Phi) is 6.74. The molecular weight excluding hydrogens is 150 g/mol. The van der Waals surface area contributed by atoms with E-state index in [4.69, 9.17) is 0 Å². The summed E-state index contributed by atoms with van der Waals surface area (Å²) in [4.78, 5) is 10.0. The molecule has 0 amide bonds. The molecule has 0 rings (SSSR count). The molecular formula is C10H13NO. The fraction of sp³-hybridized carbons (Fsp3) is 0.200. The summed E-state index contributed by atoms with van der Waals surface area (Å²) in [5.74, 6) is 0. The lowest BCUT2D eigenvalue weighted by Gasteiger charge is -1.89. The summed E-state index contributed by atoms with van der Waals surface area (Å²) < 4.78 is 0. The van der Waals surface area contributed by atoms with Crippen molar-refractivity contribution in [2.75, 3.05) is 0 Å². The van der Waals surface area contributed by atoms with Crippen molar-refractivity contribution in [3.63, 3.8) is 0 Å². The molecule has 0 saturated carbocycles. The number of nitrogens with zero attached hydrogens (tertiary/aromatic N) is 1. The van der Waals surface area contributed by atoms with Crippen LogP contribution in [0, 0.1) is 4.91 Å². The highest BCUT2D eigenvalue weighted by Gasteiger charge is 1.92. The third-order valence-electron chi connectivity index (χ3n) is 1.22. The first-order valence-corrected chi connectivity index (χ1v) is 3.74. The molecule has 1 atom stereocenters. The van der Waals surface area contributed by atoms with E-state index in [1.54, 1.807) is 18.2 Å². The number of hydrogen-bond donors (Lipinski definition) is 0. The fourth-order valence-corrected chi connectivity index (χ4v) is 0.588. The lowest BCUT2D eigenvalue weighted by atomic mass is 10.2. The largest absolute Gasteiger partial charge is 0.150 e. The molecule has 64 valence electrons. The molecule has 0 heterocycles. The van der Waals surface area contributed by atoms with Gasteiger partial charge in [-0.3, -0.25) is 0 Å². The summed E-state index contributed by atoms with van der Waals surface area (Å²) in [6, 6.07) is -0.418. The van der Waals surface area contributed by atoms with Crippen molar-refractivity contribution in [2.45, 2.75) is 12.5 Å². The molecule has 12 heavy (non-hydrogen) atoms. The van der Waals surface area contributed by atoms with E-state index in [1.165, 1.54) is 6.08 Å². The van der Waals surface area contributed by atoms with Crippen LogP contribution in [-0.2, 0) is 0 Å². The van der Waals surface area contributed by atoms with Gasteiger partial charge in [0, 0.05) is 0 Å². The van der Waals surface area contributed by atoms with Crippen molar-refractivity contribution in [3.05, 3.63) is 54.5 Å². The van der Waals surface area contributed by atoms with Crippen LogP contribution in [0.3, 0.4) is 0 Å². The van der Waals surface area contributed by atoms with Crippen molar-refractivity contribution in [2.24, 2.45) is 5.18 Å². The zero-order valence-electron chi connectivity index (χ0n) is 7.02. The first kappa shape index (κ1) is 10.6. The quantitative estimate of drug-likeness (QED) is 0.336. The van der Waals surface area contributed by atoms with Crippen LogP contribution < -0.4 is 0 Å². The number of rotatable bonds is 6. The summed E-state index contributed by atoms with van der Waals surface area (Å²) >= 11 is 0. The molecule has 1 unspecified atom stereocenters. The molecule has 0 saturated heterocycles. The average molecular weight is 163 g/mol. The normalized spacial score (nSPS) is 13.3. The van der Waals surface area contributed by atoms with Crippen LogP contribution in [-0.4, -0.2) is 6.04 Å².